The molecular weight excluding hydrogens is 386 g/mol. The van der Waals surface area contributed by atoms with Crippen molar-refractivity contribution < 1.29 is 14.3 Å². The molecule has 0 bridgehead atoms. The first kappa shape index (κ1) is 18.8. The Bertz CT molecular complexity index is 1140. The van der Waals surface area contributed by atoms with Crippen LogP contribution < -0.4 is 5.32 Å². The lowest BCUT2D eigenvalue weighted by Crippen LogP contribution is -2.30. The molecule has 0 radical (unpaired) electrons. The lowest BCUT2D eigenvalue weighted by molar-refractivity contribution is -0.123. The number of esters is 1. The molecule has 2 aromatic carbocycles. The number of hydrogen-bond donors (Lipinski definition) is 1. The van der Waals surface area contributed by atoms with Crippen molar-refractivity contribution in [1.29, 1.82) is 0 Å². The van der Waals surface area contributed by atoms with E-state index in [0.717, 1.165) is 15.2 Å². The Labute approximate surface area is 171 Å². The van der Waals surface area contributed by atoms with Gasteiger partial charge in [-0.3, -0.25) is 9.78 Å². The summed E-state index contributed by atoms with van der Waals surface area (Å²) >= 11 is 1.50. The van der Waals surface area contributed by atoms with Gasteiger partial charge < -0.3 is 10.1 Å². The smallest absolute Gasteiger partial charge is 0.339 e. The summed E-state index contributed by atoms with van der Waals surface area (Å²) in [5.41, 5.74) is 2.51. The zero-order chi connectivity index (χ0) is 20.2. The van der Waals surface area contributed by atoms with Crippen molar-refractivity contribution in [2.75, 3.05) is 5.32 Å². The predicted octanol–water partition coefficient (Wildman–Crippen LogP) is 4.54. The number of amides is 1. The van der Waals surface area contributed by atoms with Crippen LogP contribution >= 0.6 is 11.3 Å². The van der Waals surface area contributed by atoms with E-state index < -0.39 is 18.0 Å². The minimum Gasteiger partial charge on any atom is -0.449 e. The van der Waals surface area contributed by atoms with Gasteiger partial charge in [-0.15, -0.1) is 11.3 Å². The number of ether oxygens (including phenoxy) is 1. The highest BCUT2D eigenvalue weighted by atomic mass is 32.1. The van der Waals surface area contributed by atoms with E-state index in [4.69, 9.17) is 4.74 Å². The molecule has 1 atom stereocenters. The second kappa shape index (κ2) is 8.20. The van der Waals surface area contributed by atoms with Gasteiger partial charge in [0.15, 0.2) is 6.10 Å². The number of pyridine rings is 1. The number of fused-ring (bicyclic) bond motifs is 1. The van der Waals surface area contributed by atoms with Gasteiger partial charge in [0, 0.05) is 23.6 Å². The van der Waals surface area contributed by atoms with Crippen LogP contribution in [0.25, 0.3) is 20.8 Å². The average molecular weight is 403 g/mol. The third kappa shape index (κ3) is 4.14. The summed E-state index contributed by atoms with van der Waals surface area (Å²) < 4.78 is 6.45. The van der Waals surface area contributed by atoms with Crippen molar-refractivity contribution in [2.24, 2.45) is 0 Å². The number of thiazole rings is 1. The number of rotatable bonds is 5. The standard InChI is InChI=1S/C22H17N3O3S/c1-14(20(26)24-15-10-12-23-13-11-15)28-22(27)17-7-3-2-6-16(17)21-25-18-8-4-5-9-19(18)29-21/h2-14H,1H3,(H,23,24,26). The Kier molecular flexibility index (Phi) is 5.31. The van der Waals surface area contributed by atoms with Gasteiger partial charge in [-0.25, -0.2) is 9.78 Å². The van der Waals surface area contributed by atoms with Crippen molar-refractivity contribution >= 4 is 39.1 Å². The molecule has 6 nitrogen and oxygen atoms in total. The molecule has 1 unspecified atom stereocenters. The first-order chi connectivity index (χ1) is 14.1. The fraction of sp³-hybridized carbons (Fsp3) is 0.0909. The summed E-state index contributed by atoms with van der Waals surface area (Å²) in [5.74, 6) is -0.987. The quantitative estimate of drug-likeness (QED) is 0.495. The van der Waals surface area contributed by atoms with Crippen LogP contribution in [0.5, 0.6) is 0 Å². The number of hydrogen-bond acceptors (Lipinski definition) is 6. The fourth-order valence-electron chi connectivity index (χ4n) is 2.79. The molecule has 29 heavy (non-hydrogen) atoms. The molecule has 0 aliphatic carbocycles. The number of benzene rings is 2. The van der Waals surface area contributed by atoms with Crippen LogP contribution in [0.15, 0.2) is 73.1 Å². The summed E-state index contributed by atoms with van der Waals surface area (Å²) in [6.07, 6.45) is 2.18. The van der Waals surface area contributed by atoms with Gasteiger partial charge in [0.25, 0.3) is 5.91 Å². The summed E-state index contributed by atoms with van der Waals surface area (Å²) in [6.45, 7) is 1.54. The number of anilines is 1. The van der Waals surface area contributed by atoms with Crippen molar-refractivity contribution in [2.45, 2.75) is 13.0 Å². The molecule has 1 N–H and O–H groups in total. The van der Waals surface area contributed by atoms with Crippen LogP contribution in [0, 0.1) is 0 Å². The van der Waals surface area contributed by atoms with Crippen LogP contribution in [0.1, 0.15) is 17.3 Å². The van der Waals surface area contributed by atoms with E-state index in [1.807, 2.05) is 36.4 Å². The van der Waals surface area contributed by atoms with Gasteiger partial charge in [0.2, 0.25) is 0 Å². The second-order valence-electron chi connectivity index (χ2n) is 6.31. The SMILES string of the molecule is CC(OC(=O)c1ccccc1-c1nc2ccccc2s1)C(=O)Nc1ccncc1. The predicted molar refractivity (Wildman–Crippen MR) is 113 cm³/mol. The number of carbonyl (C=O) groups is 2. The average Bonchev–Trinajstić information content (AvgIpc) is 3.18. The van der Waals surface area contributed by atoms with Gasteiger partial charge in [-0.05, 0) is 37.3 Å². The fourth-order valence-corrected chi connectivity index (χ4v) is 3.80. The number of para-hydroxylation sites is 1. The van der Waals surface area contributed by atoms with Gasteiger partial charge >= 0.3 is 5.97 Å². The third-order valence-electron chi connectivity index (χ3n) is 4.27. The maximum atomic E-state index is 12.8. The highest BCUT2D eigenvalue weighted by Crippen LogP contribution is 2.32. The highest BCUT2D eigenvalue weighted by molar-refractivity contribution is 7.21. The van der Waals surface area contributed by atoms with Crippen LogP contribution in [-0.2, 0) is 9.53 Å². The van der Waals surface area contributed by atoms with Crippen LogP contribution in [0.2, 0.25) is 0 Å². The summed E-state index contributed by atoms with van der Waals surface area (Å²) in [7, 11) is 0. The van der Waals surface area contributed by atoms with E-state index >= 15 is 0 Å². The van der Waals surface area contributed by atoms with E-state index in [-0.39, 0.29) is 0 Å². The first-order valence-corrected chi connectivity index (χ1v) is 9.80. The third-order valence-corrected chi connectivity index (χ3v) is 5.34. The minimum absolute atomic E-state index is 0.370. The van der Waals surface area contributed by atoms with Gasteiger partial charge in [-0.2, -0.15) is 0 Å². The topological polar surface area (TPSA) is 81.2 Å². The Hall–Kier alpha value is -3.58. The zero-order valence-corrected chi connectivity index (χ0v) is 16.3. The van der Waals surface area contributed by atoms with Gasteiger partial charge in [-0.1, -0.05) is 30.3 Å². The van der Waals surface area contributed by atoms with E-state index in [1.165, 1.54) is 18.3 Å². The molecule has 4 rings (SSSR count). The maximum Gasteiger partial charge on any atom is 0.339 e. The number of aromatic nitrogens is 2. The molecule has 0 saturated heterocycles. The van der Waals surface area contributed by atoms with Crippen molar-refractivity contribution in [1.82, 2.24) is 9.97 Å². The van der Waals surface area contributed by atoms with Crippen molar-refractivity contribution in [3.63, 3.8) is 0 Å². The highest BCUT2D eigenvalue weighted by Gasteiger charge is 2.22. The molecule has 4 aromatic rings. The summed E-state index contributed by atoms with van der Waals surface area (Å²) in [5, 5.41) is 3.43. The number of nitrogens with zero attached hydrogens (tertiary/aromatic N) is 2. The van der Waals surface area contributed by atoms with Gasteiger partial charge in [0.05, 0.1) is 15.8 Å². The normalized spacial score (nSPS) is 11.8. The summed E-state index contributed by atoms with van der Waals surface area (Å²) in [6, 6.07) is 18.2. The summed E-state index contributed by atoms with van der Waals surface area (Å²) in [4.78, 5) is 33.6. The molecule has 144 valence electrons. The first-order valence-electron chi connectivity index (χ1n) is 8.98. The maximum absolute atomic E-state index is 12.8. The van der Waals surface area contributed by atoms with Crippen LogP contribution in [0.3, 0.4) is 0 Å². The van der Waals surface area contributed by atoms with E-state index in [9.17, 15) is 9.59 Å². The molecule has 0 aliphatic heterocycles. The van der Waals surface area contributed by atoms with E-state index in [2.05, 4.69) is 15.3 Å². The van der Waals surface area contributed by atoms with E-state index in [0.29, 0.717) is 16.8 Å². The zero-order valence-electron chi connectivity index (χ0n) is 15.5. The lowest BCUT2D eigenvalue weighted by Gasteiger charge is -2.14. The minimum atomic E-state index is -0.959. The largest absolute Gasteiger partial charge is 0.449 e. The molecule has 2 aromatic heterocycles. The number of nitrogens with one attached hydrogen (secondary N) is 1. The Morgan fingerprint density at radius 3 is 2.52 bits per heavy atom. The molecule has 0 fully saturated rings. The second-order valence-corrected chi connectivity index (χ2v) is 7.34. The molecule has 2 heterocycles. The van der Waals surface area contributed by atoms with Crippen molar-refractivity contribution in [3.05, 3.63) is 78.6 Å². The monoisotopic (exact) mass is 403 g/mol. The lowest BCUT2D eigenvalue weighted by atomic mass is 10.1. The number of carbonyl (C=O) groups excluding carboxylic acids is 2. The Morgan fingerprint density at radius 2 is 1.72 bits per heavy atom. The molecule has 7 heteroatoms. The molecule has 0 spiro atoms. The van der Waals surface area contributed by atoms with Crippen LogP contribution in [0.4, 0.5) is 5.69 Å². The Morgan fingerprint density at radius 1 is 1.00 bits per heavy atom. The molecule has 0 saturated carbocycles. The molecule has 1 amide bonds. The van der Waals surface area contributed by atoms with Crippen molar-refractivity contribution in [3.8, 4) is 10.6 Å². The Balaban J connectivity index is 1.54. The molecule has 0 aliphatic rings. The van der Waals surface area contributed by atoms with Crippen LogP contribution in [-0.4, -0.2) is 27.9 Å². The molecular formula is C22H17N3O3S. The van der Waals surface area contributed by atoms with E-state index in [1.54, 1.807) is 36.7 Å². The van der Waals surface area contributed by atoms with Gasteiger partial charge in [0.1, 0.15) is 5.01 Å².